The third kappa shape index (κ3) is 3.98. The van der Waals surface area contributed by atoms with Crippen LogP contribution in [0.3, 0.4) is 0 Å². The summed E-state index contributed by atoms with van der Waals surface area (Å²) in [5.41, 5.74) is 1.78. The Morgan fingerprint density at radius 2 is 2.03 bits per heavy atom. The molecule has 0 radical (unpaired) electrons. The summed E-state index contributed by atoms with van der Waals surface area (Å²) in [5, 5.41) is 0. The summed E-state index contributed by atoms with van der Waals surface area (Å²) < 4.78 is 7.36. The molecule has 2 fully saturated rings. The van der Waals surface area contributed by atoms with Crippen LogP contribution < -0.4 is 10.5 Å². The molecule has 0 aliphatic carbocycles. The van der Waals surface area contributed by atoms with Gasteiger partial charge in [0.25, 0.3) is 11.5 Å². The Kier molecular flexibility index (Phi) is 5.83. The molecule has 0 bridgehead atoms. The lowest BCUT2D eigenvalue weighted by Gasteiger charge is -2.28. The van der Waals surface area contributed by atoms with E-state index in [0.717, 1.165) is 30.2 Å². The Morgan fingerprint density at radius 1 is 1.22 bits per heavy atom. The Labute approximate surface area is 198 Å². The number of rotatable bonds is 4. The van der Waals surface area contributed by atoms with Crippen molar-refractivity contribution >= 4 is 63.5 Å². The van der Waals surface area contributed by atoms with E-state index < -0.39 is 0 Å². The maximum atomic E-state index is 13.5. The fourth-order valence-corrected chi connectivity index (χ4v) is 5.86. The van der Waals surface area contributed by atoms with Gasteiger partial charge in [0, 0.05) is 30.8 Å². The molecule has 2 saturated heterocycles. The van der Waals surface area contributed by atoms with Crippen molar-refractivity contribution in [1.29, 1.82) is 0 Å². The molecule has 5 heterocycles. The zero-order valence-electron chi connectivity index (χ0n) is 17.3. The van der Waals surface area contributed by atoms with E-state index in [0.29, 0.717) is 32.0 Å². The highest BCUT2D eigenvalue weighted by Crippen LogP contribution is 2.34. The number of hydrogen-bond donors (Lipinski definition) is 0. The lowest BCUT2D eigenvalue weighted by molar-refractivity contribution is -0.122. The monoisotopic (exact) mass is 484 g/mol. The second-order valence-corrected chi connectivity index (χ2v) is 10.4. The number of anilines is 1. The van der Waals surface area contributed by atoms with Gasteiger partial charge in [-0.1, -0.05) is 30.0 Å². The molecule has 32 heavy (non-hydrogen) atoms. The summed E-state index contributed by atoms with van der Waals surface area (Å²) in [5.74, 6) is 2.98. The van der Waals surface area contributed by atoms with E-state index in [9.17, 15) is 9.59 Å². The topological polar surface area (TPSA) is 71.1 Å². The van der Waals surface area contributed by atoms with Crippen LogP contribution in [0.2, 0.25) is 0 Å². The maximum Gasteiger partial charge on any atom is 0.267 e. The van der Waals surface area contributed by atoms with Gasteiger partial charge in [0.1, 0.15) is 21.5 Å². The summed E-state index contributed by atoms with van der Waals surface area (Å²) in [4.78, 5) is 35.5. The fraction of sp³-hybridized carbons (Fsp3) is 0.273. The van der Waals surface area contributed by atoms with Crippen LogP contribution in [0, 0.1) is 6.92 Å². The molecule has 0 spiro atoms. The van der Waals surface area contributed by atoms with Gasteiger partial charge >= 0.3 is 0 Å². The normalized spacial score (nSPS) is 18.3. The summed E-state index contributed by atoms with van der Waals surface area (Å²) in [6.45, 7) is 3.80. The average molecular weight is 485 g/mol. The van der Waals surface area contributed by atoms with Crippen LogP contribution in [0.1, 0.15) is 16.9 Å². The number of aromatic nitrogens is 2. The number of pyridine rings is 1. The molecule has 3 aromatic rings. The number of carbonyl (C=O) groups is 1. The van der Waals surface area contributed by atoms with Crippen LogP contribution in [0.25, 0.3) is 11.7 Å². The van der Waals surface area contributed by atoms with Crippen molar-refractivity contribution < 1.29 is 9.21 Å². The third-order valence-corrected chi connectivity index (χ3v) is 7.66. The molecule has 0 aromatic carbocycles. The van der Waals surface area contributed by atoms with E-state index in [4.69, 9.17) is 21.6 Å². The number of amides is 1. The number of furan rings is 1. The van der Waals surface area contributed by atoms with E-state index in [1.807, 2.05) is 30.8 Å². The van der Waals surface area contributed by atoms with E-state index in [-0.39, 0.29) is 18.0 Å². The van der Waals surface area contributed by atoms with Crippen LogP contribution in [0.4, 0.5) is 5.82 Å². The fourth-order valence-electron chi connectivity index (χ4n) is 3.72. The number of nitrogens with zero attached hydrogens (tertiary/aromatic N) is 4. The predicted octanol–water partition coefficient (Wildman–Crippen LogP) is 3.55. The van der Waals surface area contributed by atoms with Crippen molar-refractivity contribution in [3.63, 3.8) is 0 Å². The quantitative estimate of drug-likeness (QED) is 0.411. The van der Waals surface area contributed by atoms with Gasteiger partial charge in [-0.05, 0) is 36.8 Å². The van der Waals surface area contributed by atoms with Gasteiger partial charge in [-0.2, -0.15) is 11.8 Å². The molecule has 164 valence electrons. The standard InChI is InChI=1S/C22H20N4O3S3/c1-14-4-5-18-23-19(24-6-9-31-10-7-24)16(20(27)25(18)12-14)11-17-21(28)26(22(30)32-17)13-15-3-2-8-29-15/h2-5,8,11-12H,6-7,9-10,13H2,1H3. The van der Waals surface area contributed by atoms with Crippen molar-refractivity contribution in [3.05, 3.63) is 68.9 Å². The van der Waals surface area contributed by atoms with Gasteiger partial charge in [0.2, 0.25) is 0 Å². The van der Waals surface area contributed by atoms with Gasteiger partial charge in [-0.3, -0.25) is 18.9 Å². The Hall–Kier alpha value is -2.56. The van der Waals surface area contributed by atoms with Gasteiger partial charge in [-0.15, -0.1) is 0 Å². The van der Waals surface area contributed by atoms with Gasteiger partial charge in [0.05, 0.1) is 23.3 Å². The van der Waals surface area contributed by atoms with Crippen molar-refractivity contribution in [2.24, 2.45) is 0 Å². The van der Waals surface area contributed by atoms with Crippen molar-refractivity contribution in [2.45, 2.75) is 13.5 Å². The van der Waals surface area contributed by atoms with Crippen LogP contribution in [-0.2, 0) is 11.3 Å². The first-order chi connectivity index (χ1) is 15.5. The largest absolute Gasteiger partial charge is 0.467 e. The van der Waals surface area contributed by atoms with Gasteiger partial charge in [-0.25, -0.2) is 4.98 Å². The van der Waals surface area contributed by atoms with Crippen molar-refractivity contribution in [3.8, 4) is 0 Å². The van der Waals surface area contributed by atoms with Crippen LogP contribution in [0.15, 0.2) is 50.8 Å². The number of fused-ring (bicyclic) bond motifs is 1. The second-order valence-electron chi connectivity index (χ2n) is 7.54. The molecule has 7 nitrogen and oxygen atoms in total. The minimum absolute atomic E-state index is 0.191. The molecule has 2 aliphatic heterocycles. The number of hydrogen-bond acceptors (Lipinski definition) is 8. The van der Waals surface area contributed by atoms with Crippen LogP contribution >= 0.6 is 35.7 Å². The third-order valence-electron chi connectivity index (χ3n) is 5.34. The molecule has 0 N–H and O–H groups in total. The van der Waals surface area contributed by atoms with E-state index in [1.54, 1.807) is 35.1 Å². The summed E-state index contributed by atoms with van der Waals surface area (Å²) in [6, 6.07) is 7.37. The first-order valence-corrected chi connectivity index (χ1v) is 12.5. The zero-order chi connectivity index (χ0) is 22.2. The highest BCUT2D eigenvalue weighted by molar-refractivity contribution is 8.26. The summed E-state index contributed by atoms with van der Waals surface area (Å²) >= 11 is 8.53. The van der Waals surface area contributed by atoms with Crippen molar-refractivity contribution in [2.75, 3.05) is 29.5 Å². The lowest BCUT2D eigenvalue weighted by Crippen LogP contribution is -2.36. The minimum Gasteiger partial charge on any atom is -0.467 e. The zero-order valence-corrected chi connectivity index (χ0v) is 19.8. The lowest BCUT2D eigenvalue weighted by atomic mass is 10.2. The number of carbonyl (C=O) groups excluding carboxylic acids is 1. The summed E-state index contributed by atoms with van der Waals surface area (Å²) in [7, 11) is 0. The number of thioether (sulfide) groups is 2. The first kappa shape index (κ1) is 21.3. The Balaban J connectivity index is 1.60. The molecule has 0 saturated carbocycles. The molecule has 2 aliphatic rings. The van der Waals surface area contributed by atoms with E-state index in [1.165, 1.54) is 16.7 Å². The minimum atomic E-state index is -0.231. The highest BCUT2D eigenvalue weighted by atomic mass is 32.2. The average Bonchev–Trinajstić information content (AvgIpc) is 3.40. The van der Waals surface area contributed by atoms with Crippen LogP contribution in [0.5, 0.6) is 0 Å². The Morgan fingerprint density at radius 3 is 2.78 bits per heavy atom. The second kappa shape index (κ2) is 8.76. The first-order valence-electron chi connectivity index (χ1n) is 10.1. The molecular weight excluding hydrogens is 464 g/mol. The number of thiocarbonyl (C=S) groups is 1. The van der Waals surface area contributed by atoms with Crippen molar-refractivity contribution in [1.82, 2.24) is 14.3 Å². The molecule has 10 heteroatoms. The molecule has 3 aromatic heterocycles. The van der Waals surface area contributed by atoms with Gasteiger partial charge < -0.3 is 9.32 Å². The molecule has 0 atom stereocenters. The van der Waals surface area contributed by atoms with E-state index in [2.05, 4.69) is 4.90 Å². The maximum absolute atomic E-state index is 13.5. The molecule has 0 unspecified atom stereocenters. The molecule has 5 rings (SSSR count). The molecular formula is C22H20N4O3S3. The predicted molar refractivity (Wildman–Crippen MR) is 133 cm³/mol. The van der Waals surface area contributed by atoms with Crippen LogP contribution in [-0.4, -0.2) is 49.1 Å². The summed E-state index contributed by atoms with van der Waals surface area (Å²) in [6.07, 6.45) is 5.00. The SMILES string of the molecule is Cc1ccc2nc(N3CCSCC3)c(C=C3SC(=S)N(Cc4ccco4)C3=O)c(=O)n2c1. The van der Waals surface area contributed by atoms with E-state index >= 15 is 0 Å². The smallest absolute Gasteiger partial charge is 0.267 e. The Bertz CT molecular complexity index is 1290. The highest BCUT2D eigenvalue weighted by Gasteiger charge is 2.33. The molecule has 1 amide bonds. The number of aryl methyl sites for hydroxylation is 1. The van der Waals surface area contributed by atoms with Gasteiger partial charge in [0.15, 0.2) is 0 Å².